The standard InChI is InChI=1S/C22H15F3N4O2/c23-14-4-1-12(2-5-14)19(13-3-6-15(24)16(25)9-13)17-11-28-8-7-26-22(28)20-21(31)18(30)10-27-29(17)20/h1-10,17,19,31H,11H2/t17-,19?/m1/s1. The third-order valence-corrected chi connectivity index (χ3v) is 5.53. The van der Waals surface area contributed by atoms with E-state index in [1.54, 1.807) is 22.9 Å². The molecule has 3 heterocycles. The molecule has 0 fully saturated rings. The maximum Gasteiger partial charge on any atom is 0.242 e. The van der Waals surface area contributed by atoms with Crippen LogP contribution in [-0.4, -0.2) is 24.4 Å². The van der Waals surface area contributed by atoms with Crippen LogP contribution in [0.3, 0.4) is 0 Å². The molecule has 0 bridgehead atoms. The first-order valence-corrected chi connectivity index (χ1v) is 9.46. The van der Waals surface area contributed by atoms with E-state index in [0.29, 0.717) is 23.5 Å². The van der Waals surface area contributed by atoms with Crippen LogP contribution in [0.1, 0.15) is 23.1 Å². The van der Waals surface area contributed by atoms with Crippen molar-refractivity contribution in [3.05, 3.63) is 99.9 Å². The minimum atomic E-state index is -1.01. The van der Waals surface area contributed by atoms with Gasteiger partial charge in [0.15, 0.2) is 23.2 Å². The van der Waals surface area contributed by atoms with Crippen molar-refractivity contribution in [3.63, 3.8) is 0 Å². The Bertz CT molecular complexity index is 1350. The van der Waals surface area contributed by atoms with Crippen LogP contribution in [0.5, 0.6) is 5.75 Å². The summed E-state index contributed by atoms with van der Waals surface area (Å²) in [6.45, 7) is 0.318. The molecule has 4 aromatic rings. The molecule has 1 N–H and O–H groups in total. The molecular weight excluding hydrogens is 409 g/mol. The molecule has 0 saturated carbocycles. The minimum absolute atomic E-state index is 0.128. The fourth-order valence-corrected chi connectivity index (χ4v) is 4.13. The molecule has 0 amide bonds. The van der Waals surface area contributed by atoms with E-state index < -0.39 is 40.6 Å². The number of hydrogen-bond acceptors (Lipinski definition) is 4. The lowest BCUT2D eigenvalue weighted by molar-refractivity contribution is 0.330. The largest absolute Gasteiger partial charge is 0.503 e. The predicted octanol–water partition coefficient (Wildman–Crippen LogP) is 3.62. The van der Waals surface area contributed by atoms with Gasteiger partial charge >= 0.3 is 0 Å². The fraction of sp³-hybridized carbons (Fsp3) is 0.136. The first kappa shape index (κ1) is 19.1. The van der Waals surface area contributed by atoms with E-state index in [2.05, 4.69) is 10.1 Å². The topological polar surface area (TPSA) is 72.9 Å². The number of hydrogen-bond donors (Lipinski definition) is 1. The summed E-state index contributed by atoms with van der Waals surface area (Å²) < 4.78 is 44.6. The number of imidazole rings is 1. The van der Waals surface area contributed by atoms with Gasteiger partial charge in [0.1, 0.15) is 11.5 Å². The molecule has 156 valence electrons. The molecular formula is C22H15F3N4O2. The summed E-state index contributed by atoms with van der Waals surface area (Å²) in [7, 11) is 0. The van der Waals surface area contributed by atoms with Gasteiger partial charge in [0.05, 0.1) is 12.2 Å². The van der Waals surface area contributed by atoms with Gasteiger partial charge in [0.2, 0.25) is 5.43 Å². The van der Waals surface area contributed by atoms with Gasteiger partial charge in [-0.3, -0.25) is 9.48 Å². The van der Waals surface area contributed by atoms with Crippen molar-refractivity contribution in [2.24, 2.45) is 0 Å². The van der Waals surface area contributed by atoms with Gasteiger partial charge in [-0.1, -0.05) is 18.2 Å². The summed E-state index contributed by atoms with van der Waals surface area (Å²) in [5.74, 6) is -3.17. The monoisotopic (exact) mass is 424 g/mol. The molecule has 31 heavy (non-hydrogen) atoms. The second kappa shape index (κ2) is 7.12. The number of nitrogens with zero attached hydrogens (tertiary/aromatic N) is 4. The summed E-state index contributed by atoms with van der Waals surface area (Å²) in [4.78, 5) is 16.3. The average Bonchev–Trinajstić information content (AvgIpc) is 3.23. The van der Waals surface area contributed by atoms with Gasteiger partial charge < -0.3 is 9.67 Å². The second-order valence-corrected chi connectivity index (χ2v) is 7.32. The highest BCUT2D eigenvalue weighted by Crippen LogP contribution is 2.42. The number of aromatic nitrogens is 4. The normalized spacial score (nSPS) is 15.9. The Morgan fingerprint density at radius 1 is 1.03 bits per heavy atom. The average molecular weight is 424 g/mol. The molecule has 9 heteroatoms. The van der Waals surface area contributed by atoms with Crippen molar-refractivity contribution in [1.29, 1.82) is 0 Å². The summed E-state index contributed by atoms with van der Waals surface area (Å²) in [6, 6.07) is 8.71. The zero-order valence-corrected chi connectivity index (χ0v) is 15.9. The molecule has 0 radical (unpaired) electrons. The zero-order chi connectivity index (χ0) is 21.7. The van der Waals surface area contributed by atoms with Gasteiger partial charge in [0, 0.05) is 24.9 Å². The molecule has 0 saturated heterocycles. The SMILES string of the molecule is O=c1cnn2c(c1O)-c1nccn1C[C@@H]2C(c1ccc(F)cc1)c1ccc(F)c(F)c1. The number of aromatic hydroxyl groups is 1. The van der Waals surface area contributed by atoms with Crippen LogP contribution in [-0.2, 0) is 6.54 Å². The lowest BCUT2D eigenvalue weighted by Crippen LogP contribution is -2.32. The molecule has 2 aromatic carbocycles. The quantitative estimate of drug-likeness (QED) is 0.545. The van der Waals surface area contributed by atoms with Crippen molar-refractivity contribution < 1.29 is 18.3 Å². The van der Waals surface area contributed by atoms with E-state index in [4.69, 9.17) is 0 Å². The van der Waals surface area contributed by atoms with E-state index in [1.807, 2.05) is 0 Å². The Kier molecular flexibility index (Phi) is 4.39. The van der Waals surface area contributed by atoms with Crippen LogP contribution in [0, 0.1) is 17.5 Å². The van der Waals surface area contributed by atoms with Crippen LogP contribution < -0.4 is 5.43 Å². The number of rotatable bonds is 3. The van der Waals surface area contributed by atoms with Crippen molar-refractivity contribution in [2.45, 2.75) is 18.5 Å². The first-order chi connectivity index (χ1) is 14.9. The van der Waals surface area contributed by atoms with Crippen LogP contribution in [0.2, 0.25) is 0 Å². The number of fused-ring (bicyclic) bond motifs is 3. The van der Waals surface area contributed by atoms with Crippen molar-refractivity contribution in [2.75, 3.05) is 0 Å². The molecule has 2 aromatic heterocycles. The molecule has 1 unspecified atom stereocenters. The third-order valence-electron chi connectivity index (χ3n) is 5.53. The summed E-state index contributed by atoms with van der Waals surface area (Å²) in [6.07, 6.45) is 4.22. The van der Waals surface area contributed by atoms with Gasteiger partial charge in [-0.25, -0.2) is 18.2 Å². The third kappa shape index (κ3) is 3.09. The number of benzene rings is 2. The zero-order valence-electron chi connectivity index (χ0n) is 15.9. The fourth-order valence-electron chi connectivity index (χ4n) is 4.13. The lowest BCUT2D eigenvalue weighted by atomic mass is 9.84. The van der Waals surface area contributed by atoms with E-state index in [-0.39, 0.29) is 5.69 Å². The van der Waals surface area contributed by atoms with Crippen LogP contribution in [0.15, 0.2) is 65.8 Å². The van der Waals surface area contributed by atoms with Crippen LogP contribution in [0.25, 0.3) is 11.5 Å². The molecule has 1 aliphatic rings. The summed E-state index contributed by atoms with van der Waals surface area (Å²) in [5, 5.41) is 14.7. The molecule has 6 nitrogen and oxygen atoms in total. The van der Waals surface area contributed by atoms with Crippen LogP contribution >= 0.6 is 0 Å². The van der Waals surface area contributed by atoms with Gasteiger partial charge in [-0.15, -0.1) is 0 Å². The van der Waals surface area contributed by atoms with E-state index in [9.17, 15) is 23.1 Å². The van der Waals surface area contributed by atoms with Gasteiger partial charge in [0.25, 0.3) is 0 Å². The smallest absolute Gasteiger partial charge is 0.242 e. The summed E-state index contributed by atoms with van der Waals surface area (Å²) >= 11 is 0. The van der Waals surface area contributed by atoms with E-state index >= 15 is 0 Å². The van der Waals surface area contributed by atoms with Crippen molar-refractivity contribution in [1.82, 2.24) is 19.3 Å². The molecule has 0 spiro atoms. The maximum absolute atomic E-state index is 14.1. The number of halogens is 3. The molecule has 0 aliphatic carbocycles. The lowest BCUT2D eigenvalue weighted by Gasteiger charge is -2.34. The van der Waals surface area contributed by atoms with Crippen LogP contribution in [0.4, 0.5) is 13.2 Å². The molecule has 2 atom stereocenters. The highest BCUT2D eigenvalue weighted by atomic mass is 19.2. The Morgan fingerprint density at radius 3 is 2.52 bits per heavy atom. The van der Waals surface area contributed by atoms with E-state index in [1.165, 1.54) is 29.1 Å². The Balaban J connectivity index is 1.76. The summed E-state index contributed by atoms with van der Waals surface area (Å²) in [5.41, 5.74) is 0.535. The molecule has 1 aliphatic heterocycles. The van der Waals surface area contributed by atoms with Gasteiger partial charge in [-0.05, 0) is 35.4 Å². The predicted molar refractivity (Wildman–Crippen MR) is 105 cm³/mol. The highest BCUT2D eigenvalue weighted by Gasteiger charge is 2.35. The second-order valence-electron chi connectivity index (χ2n) is 7.32. The van der Waals surface area contributed by atoms with Crippen molar-refractivity contribution in [3.8, 4) is 17.3 Å². The molecule has 5 rings (SSSR count). The highest BCUT2D eigenvalue weighted by molar-refractivity contribution is 5.60. The Labute approximate surface area is 173 Å². The van der Waals surface area contributed by atoms with Gasteiger partial charge in [-0.2, -0.15) is 5.10 Å². The maximum atomic E-state index is 14.1. The Hall–Kier alpha value is -3.88. The minimum Gasteiger partial charge on any atom is -0.503 e. The Morgan fingerprint density at radius 2 is 1.77 bits per heavy atom. The first-order valence-electron chi connectivity index (χ1n) is 9.46. The van der Waals surface area contributed by atoms with Crippen molar-refractivity contribution >= 4 is 0 Å². The van der Waals surface area contributed by atoms with E-state index in [0.717, 1.165) is 18.3 Å².